The van der Waals surface area contributed by atoms with Gasteiger partial charge in [0.15, 0.2) is 37.7 Å². The first-order chi connectivity index (χ1) is 64.5. The Balaban J connectivity index is 0.785. The lowest BCUT2D eigenvalue weighted by atomic mass is 9.59. The molecule has 30 unspecified atom stereocenters. The molecular weight excluding hydrogens is 1790 g/mol. The van der Waals surface area contributed by atoms with E-state index in [1.807, 2.05) is 36.4 Å². The molecule has 6 fully saturated rings. The molecule has 18 rings (SSSR count). The fourth-order valence-electron chi connectivity index (χ4n) is 17.7. The van der Waals surface area contributed by atoms with Crippen LogP contribution in [0.4, 0.5) is 0 Å². The van der Waals surface area contributed by atoms with Gasteiger partial charge in [-0.25, -0.2) is 28.1 Å². The maximum atomic E-state index is 10.9. The lowest BCUT2D eigenvalue weighted by molar-refractivity contribution is -0.304. The molecular formula is C80H104N18O36. The van der Waals surface area contributed by atoms with E-state index in [1.165, 1.54) is 28.1 Å². The van der Waals surface area contributed by atoms with Gasteiger partial charge in [-0.1, -0.05) is 67.7 Å². The average Bonchev–Trinajstić information content (AvgIpc) is 0.803. The second kappa shape index (κ2) is 41.4. The number of aromatic nitrogens is 18. The Bertz CT molecular complexity index is 4590. The molecule has 3 aromatic carbocycles. The van der Waals surface area contributed by atoms with Gasteiger partial charge in [0.2, 0.25) is 0 Å². The highest BCUT2D eigenvalue weighted by Gasteiger charge is 2.52. The van der Waals surface area contributed by atoms with Crippen molar-refractivity contribution < 1.29 is 179 Å². The van der Waals surface area contributed by atoms with Crippen LogP contribution in [0, 0.1) is 0 Å². The molecule has 30 atom stereocenters. The summed E-state index contributed by atoms with van der Waals surface area (Å²) in [5.74, 6) is -1.54. The number of ether oxygens (including phenoxy) is 12. The summed E-state index contributed by atoms with van der Waals surface area (Å²) < 4.78 is 78.1. The predicted molar refractivity (Wildman–Crippen MR) is 427 cm³/mol. The maximum Gasteiger partial charge on any atom is 0.187 e. The summed E-state index contributed by atoms with van der Waals surface area (Å²) in [5.41, 5.74) is 9.26. The normalized spacial score (nSPS) is 34.2. The van der Waals surface area contributed by atoms with E-state index in [4.69, 9.17) is 56.8 Å². The molecule has 0 radical (unpaired) electrons. The molecule has 0 spiro atoms. The highest BCUT2D eigenvalue weighted by Crippen LogP contribution is 2.58. The number of nitrogens with zero attached hydrogens (tertiary/aromatic N) is 18. The fraction of sp³-hybridized carbons (Fsp3) is 0.625. The van der Waals surface area contributed by atoms with E-state index in [9.17, 15) is 123 Å². The minimum Gasteiger partial charge on any atom is -0.394 e. The zero-order valence-electron chi connectivity index (χ0n) is 70.8. The Labute approximate surface area is 755 Å². The van der Waals surface area contributed by atoms with Gasteiger partial charge in [0, 0.05) is 11.8 Å². The van der Waals surface area contributed by atoms with Crippen LogP contribution in [0.1, 0.15) is 113 Å². The molecule has 54 nitrogen and oxygen atoms in total. The molecule has 0 saturated carbocycles. The molecule has 6 aliphatic heterocycles. The van der Waals surface area contributed by atoms with E-state index in [2.05, 4.69) is 61.9 Å². The van der Waals surface area contributed by atoms with Crippen LogP contribution in [-0.4, -0.2) is 436 Å². The first-order valence-electron chi connectivity index (χ1n) is 42.8. The average molecular weight is 1890 g/mol. The van der Waals surface area contributed by atoms with Crippen LogP contribution in [-0.2, 0) is 136 Å². The molecule has 730 valence electrons. The second-order valence-electron chi connectivity index (χ2n) is 34.1. The summed E-state index contributed by atoms with van der Waals surface area (Å²) >= 11 is 0. The monoisotopic (exact) mass is 1890 g/mol. The molecule has 9 aromatic rings. The summed E-state index contributed by atoms with van der Waals surface area (Å²) in [6.07, 6.45) is -38.8. The van der Waals surface area contributed by atoms with Gasteiger partial charge in [-0.3, -0.25) is 0 Å². The Kier molecular flexibility index (Phi) is 29.9. The third-order valence-corrected chi connectivity index (χ3v) is 25.1. The zero-order valence-corrected chi connectivity index (χ0v) is 70.8. The molecule has 6 saturated heterocycles. The molecule has 54 heteroatoms. The standard InChI is InChI=1S/C80H104N18O36/c99-19-49-57(105)63(111)69(117)75(129-49)123-25-37-13-93(87-81-37)7-31-1-43-44(2-32(31)8-94-14-38(82-88-94)26-124-76-70(118)64(112)58(106)50(20-100)130-76)56-47-5-35(11-97-17-41(85-91-97)29-127-79-73(121)67(115)61(109)53(23-103)133-79)33(9-95-15-39(83-89-95)27-125-77-71(119)65(113)59(107)51(21-101)131-77)3-45(47)55(43)46-4-34(10-96-16-40(84-90-96)28-126-78-72(120)66(114)60(108)52(22-102)132-78)36(6-48(46)56)12-98-18-42(86-92-98)30-128-80-74(122)68(116)62(110)54(24-104)134-80/h1-6,13-18,49-80,99-122H,7-12,19-30H2. The van der Waals surface area contributed by atoms with Crippen molar-refractivity contribution in [1.82, 2.24) is 90.0 Å². The number of hydrogen-bond donors (Lipinski definition) is 24. The Morgan fingerprint density at radius 3 is 0.485 bits per heavy atom. The minimum atomic E-state index is -1.76. The molecule has 134 heavy (non-hydrogen) atoms. The molecule has 9 aliphatic rings. The van der Waals surface area contributed by atoms with Gasteiger partial charge in [-0.05, 0) is 66.8 Å². The number of hydrogen-bond acceptors (Lipinski definition) is 48. The van der Waals surface area contributed by atoms with Crippen LogP contribution < -0.4 is 0 Å². The first-order valence-corrected chi connectivity index (χ1v) is 42.8. The van der Waals surface area contributed by atoms with Crippen molar-refractivity contribution in [1.29, 1.82) is 0 Å². The van der Waals surface area contributed by atoms with Crippen molar-refractivity contribution in [3.8, 4) is 0 Å². The second-order valence-corrected chi connectivity index (χ2v) is 34.1. The maximum absolute atomic E-state index is 10.9. The Morgan fingerprint density at radius 2 is 0.351 bits per heavy atom. The summed E-state index contributed by atoms with van der Waals surface area (Å²) in [7, 11) is 0. The highest BCUT2D eigenvalue weighted by molar-refractivity contribution is 5.71. The van der Waals surface area contributed by atoms with Crippen LogP contribution >= 0.6 is 0 Å². The van der Waals surface area contributed by atoms with Crippen LogP contribution in [0.2, 0.25) is 0 Å². The Morgan fingerprint density at radius 1 is 0.209 bits per heavy atom. The van der Waals surface area contributed by atoms with Crippen molar-refractivity contribution in [2.75, 3.05) is 39.6 Å². The SMILES string of the molecule is OCC1OC(OCc2cn(Cc3cc4c(cc3Cn3cc(COC5OC(CO)C(O)C(O)C5O)nn3)C3c5cc(Cn6cc(COC7OC(CO)C(O)C(O)C7O)nn6)c(Cn6cc(COC7OC(CO)C(O)C(O)C7O)nn6)cc5C4c4cc(Cn5cc(COC6OC(CO)C(O)C(O)C6O)nn5)c(Cn5cc(COC6OC(CO)C(O)C(O)C6O)nn5)cc43)nn2)C(O)C(O)C1O. The highest BCUT2D eigenvalue weighted by atomic mass is 16.7. The summed E-state index contributed by atoms with van der Waals surface area (Å²) in [4.78, 5) is 0. The van der Waals surface area contributed by atoms with Gasteiger partial charge in [0.25, 0.3) is 0 Å². The lowest BCUT2D eigenvalue weighted by Gasteiger charge is -2.44. The number of aliphatic hydroxyl groups excluding tert-OH is 24. The van der Waals surface area contributed by atoms with Crippen LogP contribution in [0.25, 0.3) is 0 Å². The van der Waals surface area contributed by atoms with Crippen molar-refractivity contribution in [2.24, 2.45) is 0 Å². The van der Waals surface area contributed by atoms with E-state index in [-0.39, 0.29) is 113 Å². The summed E-state index contributed by atoms with van der Waals surface area (Å²) in [6.45, 7) is -6.85. The quantitative estimate of drug-likeness (QED) is 0.0173. The summed E-state index contributed by atoms with van der Waals surface area (Å²) in [5, 5.41) is 305. The third kappa shape index (κ3) is 20.0. The minimum absolute atomic E-state index is 0.0483. The molecule has 2 bridgehead atoms. The van der Waals surface area contributed by atoms with Crippen molar-refractivity contribution in [3.63, 3.8) is 0 Å². The first kappa shape index (κ1) is 96.7. The van der Waals surface area contributed by atoms with Crippen LogP contribution in [0.3, 0.4) is 0 Å². The molecule has 0 amide bonds. The van der Waals surface area contributed by atoms with Crippen LogP contribution in [0.5, 0.6) is 0 Å². The van der Waals surface area contributed by atoms with Crippen LogP contribution in [0.15, 0.2) is 73.6 Å². The van der Waals surface area contributed by atoms with Gasteiger partial charge in [0.1, 0.15) is 181 Å². The fourth-order valence-corrected chi connectivity index (χ4v) is 17.7. The van der Waals surface area contributed by atoms with Crippen molar-refractivity contribution >= 4 is 0 Å². The van der Waals surface area contributed by atoms with E-state index in [0.29, 0.717) is 33.4 Å². The molecule has 3 aliphatic carbocycles. The predicted octanol–water partition coefficient (Wildman–Crippen LogP) is -13.6. The topological polar surface area (TPSA) is 781 Å². The number of rotatable bonds is 36. The zero-order chi connectivity index (χ0) is 94.5. The largest absolute Gasteiger partial charge is 0.394 e. The smallest absolute Gasteiger partial charge is 0.187 e. The van der Waals surface area contributed by atoms with E-state index < -0.39 is 236 Å². The van der Waals surface area contributed by atoms with Crippen molar-refractivity contribution in [3.05, 3.63) is 175 Å². The third-order valence-electron chi connectivity index (χ3n) is 25.1. The van der Waals surface area contributed by atoms with Gasteiger partial charge >= 0.3 is 0 Å². The van der Waals surface area contributed by atoms with E-state index in [0.717, 1.165) is 33.4 Å². The lowest BCUT2D eigenvalue weighted by Crippen LogP contribution is -2.59. The van der Waals surface area contributed by atoms with E-state index >= 15 is 0 Å². The number of benzene rings is 3. The van der Waals surface area contributed by atoms with Crippen molar-refractivity contribution in [2.45, 2.75) is 275 Å². The summed E-state index contributed by atoms with van der Waals surface area (Å²) in [6, 6.07) is 12.0. The van der Waals surface area contributed by atoms with Gasteiger partial charge in [0.05, 0.1) is 156 Å². The van der Waals surface area contributed by atoms with Gasteiger partial charge in [-0.2, -0.15) is 0 Å². The molecule has 12 heterocycles. The molecule has 24 N–H and O–H groups in total. The van der Waals surface area contributed by atoms with Gasteiger partial charge < -0.3 is 179 Å². The molecule has 6 aromatic heterocycles. The van der Waals surface area contributed by atoms with Gasteiger partial charge in [-0.15, -0.1) is 30.6 Å². The van der Waals surface area contributed by atoms with E-state index in [1.54, 1.807) is 37.2 Å². The Hall–Kier alpha value is -8.94. The number of aliphatic hydroxyl groups is 24.